The van der Waals surface area contributed by atoms with Gasteiger partial charge in [0, 0.05) is 29.7 Å². The number of nitriles is 1. The fraction of sp³-hybridized carbons (Fsp3) is 0.294. The van der Waals surface area contributed by atoms with Crippen molar-refractivity contribution in [3.05, 3.63) is 51.2 Å². The number of non-ortho nitro benzene ring substituents is 1. The van der Waals surface area contributed by atoms with Crippen LogP contribution in [0.4, 0.5) is 11.5 Å². The van der Waals surface area contributed by atoms with E-state index in [4.69, 9.17) is 5.73 Å². The molecule has 6 nitrogen and oxygen atoms in total. The number of aromatic nitrogens is 1. The molecule has 6 heteroatoms. The number of rotatable bonds is 5. The highest BCUT2D eigenvalue weighted by molar-refractivity contribution is 5.78. The monoisotopic (exact) mass is 311 g/mol. The van der Waals surface area contributed by atoms with E-state index in [-0.39, 0.29) is 5.69 Å². The van der Waals surface area contributed by atoms with Gasteiger partial charge in [0.05, 0.1) is 4.92 Å². The van der Waals surface area contributed by atoms with Gasteiger partial charge in [-0.05, 0) is 30.5 Å². The standard InChI is InChI=1S/C17H18N4O2/c1-3-5-15-13(4-2)16(14(10-18)17(19)20-15)11-6-8-12(9-7-11)21(22)23/h6-9H,3-5H2,1-2H3,(H2,19,20)/p+1. The SMILES string of the molecule is CCCc1[nH+]c(N)c(C#N)c(-c2ccc([N+](=O)[O-])cc2)c1CC. The van der Waals surface area contributed by atoms with E-state index in [2.05, 4.69) is 18.0 Å². The van der Waals surface area contributed by atoms with Crippen LogP contribution in [0.15, 0.2) is 24.3 Å². The fourth-order valence-electron chi connectivity index (χ4n) is 2.78. The lowest BCUT2D eigenvalue weighted by Crippen LogP contribution is -2.22. The summed E-state index contributed by atoms with van der Waals surface area (Å²) in [6.45, 7) is 4.10. The molecule has 0 atom stereocenters. The molecule has 1 heterocycles. The number of nitrogens with two attached hydrogens (primary N) is 1. The van der Waals surface area contributed by atoms with E-state index in [0.29, 0.717) is 11.4 Å². The molecule has 0 unspecified atom stereocenters. The highest BCUT2D eigenvalue weighted by Gasteiger charge is 2.22. The van der Waals surface area contributed by atoms with Crippen LogP contribution in [0.2, 0.25) is 0 Å². The summed E-state index contributed by atoms with van der Waals surface area (Å²) in [4.78, 5) is 13.5. The Kier molecular flexibility index (Phi) is 4.91. The number of anilines is 1. The maximum Gasteiger partial charge on any atom is 0.289 e. The molecule has 0 radical (unpaired) electrons. The van der Waals surface area contributed by atoms with E-state index in [1.165, 1.54) is 12.1 Å². The van der Waals surface area contributed by atoms with Gasteiger partial charge in [0.25, 0.3) is 11.5 Å². The molecule has 0 amide bonds. The number of nitrogens with zero attached hydrogens (tertiary/aromatic N) is 2. The fourth-order valence-corrected chi connectivity index (χ4v) is 2.78. The maximum absolute atomic E-state index is 10.8. The largest absolute Gasteiger partial charge is 0.289 e. The van der Waals surface area contributed by atoms with Crippen LogP contribution in [-0.2, 0) is 12.8 Å². The van der Waals surface area contributed by atoms with Crippen molar-refractivity contribution >= 4 is 11.5 Å². The van der Waals surface area contributed by atoms with Crippen molar-refractivity contribution in [1.29, 1.82) is 5.26 Å². The van der Waals surface area contributed by atoms with E-state index in [1.54, 1.807) is 12.1 Å². The van der Waals surface area contributed by atoms with Gasteiger partial charge in [-0.3, -0.25) is 15.8 Å². The number of nitrogen functional groups attached to an aromatic ring is 1. The van der Waals surface area contributed by atoms with Crippen LogP contribution in [0.25, 0.3) is 11.1 Å². The summed E-state index contributed by atoms with van der Waals surface area (Å²) in [6.07, 6.45) is 2.53. The van der Waals surface area contributed by atoms with Gasteiger partial charge in [0.15, 0.2) is 0 Å². The number of nitro groups is 1. The van der Waals surface area contributed by atoms with Crippen molar-refractivity contribution in [1.82, 2.24) is 0 Å². The topological polar surface area (TPSA) is 107 Å². The first kappa shape index (κ1) is 16.4. The molecule has 118 valence electrons. The Balaban J connectivity index is 2.72. The Morgan fingerprint density at radius 3 is 2.43 bits per heavy atom. The molecule has 2 aromatic rings. The number of hydrogen-bond acceptors (Lipinski definition) is 4. The Labute approximate surface area is 134 Å². The Morgan fingerprint density at radius 1 is 1.30 bits per heavy atom. The van der Waals surface area contributed by atoms with Gasteiger partial charge in [0.2, 0.25) is 0 Å². The van der Waals surface area contributed by atoms with Gasteiger partial charge in [-0.15, -0.1) is 0 Å². The van der Waals surface area contributed by atoms with Crippen molar-refractivity contribution in [2.45, 2.75) is 33.1 Å². The molecule has 0 aliphatic heterocycles. The van der Waals surface area contributed by atoms with E-state index in [0.717, 1.165) is 41.6 Å². The summed E-state index contributed by atoms with van der Waals surface area (Å²) in [6, 6.07) is 8.39. The zero-order valence-electron chi connectivity index (χ0n) is 13.2. The number of aryl methyl sites for hydroxylation is 1. The third kappa shape index (κ3) is 3.14. The minimum atomic E-state index is -0.439. The van der Waals surface area contributed by atoms with E-state index in [9.17, 15) is 15.4 Å². The van der Waals surface area contributed by atoms with Crippen molar-refractivity contribution in [2.24, 2.45) is 0 Å². The summed E-state index contributed by atoms with van der Waals surface area (Å²) >= 11 is 0. The number of aromatic amines is 1. The molecule has 1 aromatic carbocycles. The number of hydrogen-bond donors (Lipinski definition) is 1. The van der Waals surface area contributed by atoms with Gasteiger partial charge < -0.3 is 0 Å². The van der Waals surface area contributed by atoms with Gasteiger partial charge >= 0.3 is 0 Å². The number of benzene rings is 1. The van der Waals surface area contributed by atoms with Crippen LogP contribution in [-0.4, -0.2) is 4.92 Å². The number of nitro benzene ring substituents is 1. The Hall–Kier alpha value is -2.94. The van der Waals surface area contributed by atoms with Crippen LogP contribution in [0.1, 0.15) is 37.1 Å². The van der Waals surface area contributed by atoms with Crippen molar-refractivity contribution < 1.29 is 9.91 Å². The smallest absolute Gasteiger partial charge is 0.286 e. The normalized spacial score (nSPS) is 10.3. The summed E-state index contributed by atoms with van der Waals surface area (Å²) in [5.41, 5.74) is 10.0. The van der Waals surface area contributed by atoms with Crippen LogP contribution in [0.5, 0.6) is 0 Å². The summed E-state index contributed by atoms with van der Waals surface area (Å²) < 4.78 is 0. The maximum atomic E-state index is 10.8. The molecule has 0 saturated heterocycles. The number of nitrogens with one attached hydrogen (secondary N) is 1. The van der Waals surface area contributed by atoms with Crippen LogP contribution in [0, 0.1) is 21.4 Å². The van der Waals surface area contributed by atoms with Gasteiger partial charge in [0.1, 0.15) is 17.3 Å². The lowest BCUT2D eigenvalue weighted by molar-refractivity contribution is -0.384. The second kappa shape index (κ2) is 6.88. The van der Waals surface area contributed by atoms with Gasteiger partial charge in [-0.25, -0.2) is 4.98 Å². The van der Waals surface area contributed by atoms with Crippen LogP contribution < -0.4 is 10.7 Å². The Bertz CT molecular complexity index is 777. The molecule has 2 rings (SSSR count). The van der Waals surface area contributed by atoms with E-state index >= 15 is 0 Å². The van der Waals surface area contributed by atoms with Gasteiger partial charge in [-0.2, -0.15) is 5.26 Å². The molecule has 0 fully saturated rings. The molecule has 0 spiro atoms. The lowest BCUT2D eigenvalue weighted by Gasteiger charge is -2.13. The van der Waals surface area contributed by atoms with Crippen molar-refractivity contribution in [3.8, 4) is 17.2 Å². The summed E-state index contributed by atoms with van der Waals surface area (Å²) in [5, 5.41) is 20.3. The number of H-pyrrole nitrogens is 1. The zero-order valence-corrected chi connectivity index (χ0v) is 13.2. The molecule has 3 N–H and O–H groups in total. The molecule has 0 aliphatic rings. The van der Waals surface area contributed by atoms with Crippen LogP contribution >= 0.6 is 0 Å². The summed E-state index contributed by atoms with van der Waals surface area (Å²) in [5.74, 6) is 0.335. The molecular weight excluding hydrogens is 292 g/mol. The predicted molar refractivity (Wildman–Crippen MR) is 87.6 cm³/mol. The third-order valence-electron chi connectivity index (χ3n) is 3.80. The average molecular weight is 311 g/mol. The molecule has 1 aromatic heterocycles. The summed E-state index contributed by atoms with van der Waals surface area (Å²) in [7, 11) is 0. The second-order valence-electron chi connectivity index (χ2n) is 5.27. The predicted octanol–water partition coefficient (Wildman–Crippen LogP) is 3.04. The minimum Gasteiger partial charge on any atom is -0.286 e. The second-order valence-corrected chi connectivity index (χ2v) is 5.27. The molecule has 0 bridgehead atoms. The zero-order chi connectivity index (χ0) is 17.0. The molecular formula is C17H19N4O2+. The third-order valence-corrected chi connectivity index (χ3v) is 3.80. The van der Waals surface area contributed by atoms with Crippen molar-refractivity contribution in [2.75, 3.05) is 5.73 Å². The first-order valence-electron chi connectivity index (χ1n) is 7.54. The Morgan fingerprint density at radius 2 is 1.96 bits per heavy atom. The molecule has 0 aliphatic carbocycles. The molecule has 23 heavy (non-hydrogen) atoms. The lowest BCUT2D eigenvalue weighted by atomic mass is 9.91. The van der Waals surface area contributed by atoms with Crippen LogP contribution in [0.3, 0.4) is 0 Å². The first-order chi connectivity index (χ1) is 11.0. The molecule has 0 saturated carbocycles. The number of pyridine rings is 1. The van der Waals surface area contributed by atoms with Gasteiger partial charge in [-0.1, -0.05) is 13.8 Å². The highest BCUT2D eigenvalue weighted by atomic mass is 16.6. The van der Waals surface area contributed by atoms with Crippen molar-refractivity contribution in [3.63, 3.8) is 0 Å². The quantitative estimate of drug-likeness (QED) is 0.676. The average Bonchev–Trinajstić information content (AvgIpc) is 2.54. The van der Waals surface area contributed by atoms with E-state index in [1.807, 2.05) is 6.92 Å². The first-order valence-corrected chi connectivity index (χ1v) is 7.54. The highest BCUT2D eigenvalue weighted by Crippen LogP contribution is 2.32. The minimum absolute atomic E-state index is 0.0227. The van der Waals surface area contributed by atoms with E-state index < -0.39 is 4.92 Å².